The number of methoxy groups -OCH3 is 1. The van der Waals surface area contributed by atoms with Crippen molar-refractivity contribution in [3.8, 4) is 11.1 Å². The van der Waals surface area contributed by atoms with Crippen LogP contribution in [0.25, 0.3) is 11.1 Å². The molecule has 1 atom stereocenters. The fourth-order valence-corrected chi connectivity index (χ4v) is 4.22. The van der Waals surface area contributed by atoms with Gasteiger partial charge >= 0.3 is 12.1 Å². The normalized spacial score (nSPS) is 13.8. The monoisotopic (exact) mass is 439 g/mol. The van der Waals surface area contributed by atoms with Gasteiger partial charge in [0.2, 0.25) is 5.91 Å². The quantitative estimate of drug-likeness (QED) is 0.586. The van der Waals surface area contributed by atoms with Crippen molar-refractivity contribution in [1.29, 1.82) is 0 Å². The van der Waals surface area contributed by atoms with Gasteiger partial charge in [-0.25, -0.2) is 4.79 Å². The number of alkyl halides is 3. The molecule has 1 amide bonds. The van der Waals surface area contributed by atoms with Crippen LogP contribution >= 0.6 is 0 Å². The second-order valence-corrected chi connectivity index (χ2v) is 7.55. The molecule has 0 unspecified atom stereocenters. The largest absolute Gasteiger partial charge is 0.467 e. The summed E-state index contributed by atoms with van der Waals surface area (Å²) < 4.78 is 45.0. The maximum absolute atomic E-state index is 13.4. The van der Waals surface area contributed by atoms with E-state index < -0.39 is 35.6 Å². The SMILES string of the molecule is COC(=O)[C@@H](Cc1ccccc1C(F)(F)F)NC(=O)C1c2ccccc2-c2ccccc21. The Morgan fingerprint density at radius 3 is 2.00 bits per heavy atom. The molecule has 0 fully saturated rings. The summed E-state index contributed by atoms with van der Waals surface area (Å²) in [6.07, 6.45) is -4.92. The minimum atomic E-state index is -4.58. The zero-order valence-electron chi connectivity index (χ0n) is 17.1. The number of carbonyl (C=O) groups is 2. The van der Waals surface area contributed by atoms with Gasteiger partial charge in [0.05, 0.1) is 18.6 Å². The highest BCUT2D eigenvalue weighted by Crippen LogP contribution is 2.44. The third-order valence-corrected chi connectivity index (χ3v) is 5.64. The molecule has 1 aliphatic rings. The third kappa shape index (κ3) is 3.98. The fourth-order valence-electron chi connectivity index (χ4n) is 4.22. The summed E-state index contributed by atoms with van der Waals surface area (Å²) in [7, 11) is 1.14. The van der Waals surface area contributed by atoms with Gasteiger partial charge in [0.25, 0.3) is 0 Å². The van der Waals surface area contributed by atoms with Crippen LogP contribution in [0.1, 0.15) is 28.2 Å². The summed E-state index contributed by atoms with van der Waals surface area (Å²) >= 11 is 0. The average molecular weight is 439 g/mol. The molecule has 3 aromatic carbocycles. The molecule has 1 aliphatic carbocycles. The Bertz CT molecular complexity index is 1130. The zero-order chi connectivity index (χ0) is 22.9. The van der Waals surface area contributed by atoms with Crippen molar-refractivity contribution in [2.75, 3.05) is 7.11 Å². The summed E-state index contributed by atoms with van der Waals surface area (Å²) in [6, 6.07) is 18.6. The molecule has 0 bridgehead atoms. The van der Waals surface area contributed by atoms with Gasteiger partial charge in [-0.15, -0.1) is 0 Å². The Morgan fingerprint density at radius 1 is 0.906 bits per heavy atom. The molecular formula is C25H20F3NO3. The number of amides is 1. The lowest BCUT2D eigenvalue weighted by atomic mass is 9.94. The number of rotatable bonds is 5. The molecule has 7 heteroatoms. The molecule has 0 spiro atoms. The molecule has 0 saturated heterocycles. The van der Waals surface area contributed by atoms with Crippen molar-refractivity contribution < 1.29 is 27.5 Å². The molecule has 0 aromatic heterocycles. The highest BCUT2D eigenvalue weighted by molar-refractivity contribution is 5.97. The van der Waals surface area contributed by atoms with E-state index in [9.17, 15) is 22.8 Å². The van der Waals surface area contributed by atoms with Crippen molar-refractivity contribution in [3.05, 3.63) is 95.1 Å². The zero-order valence-corrected chi connectivity index (χ0v) is 17.1. The summed E-state index contributed by atoms with van der Waals surface area (Å²) in [5.74, 6) is -1.95. The van der Waals surface area contributed by atoms with Crippen LogP contribution in [0.2, 0.25) is 0 Å². The summed E-state index contributed by atoms with van der Waals surface area (Å²) in [4.78, 5) is 25.7. The topological polar surface area (TPSA) is 55.4 Å². The van der Waals surface area contributed by atoms with E-state index >= 15 is 0 Å². The number of hydrogen-bond donors (Lipinski definition) is 1. The first-order valence-corrected chi connectivity index (χ1v) is 10.0. The van der Waals surface area contributed by atoms with Crippen molar-refractivity contribution >= 4 is 11.9 Å². The van der Waals surface area contributed by atoms with E-state index in [0.717, 1.165) is 35.4 Å². The molecule has 4 nitrogen and oxygen atoms in total. The molecule has 4 rings (SSSR count). The Labute approximate surface area is 183 Å². The van der Waals surface area contributed by atoms with Crippen LogP contribution in [-0.2, 0) is 26.9 Å². The number of halogens is 3. The van der Waals surface area contributed by atoms with Gasteiger partial charge in [-0.1, -0.05) is 66.7 Å². The van der Waals surface area contributed by atoms with E-state index in [1.54, 1.807) is 0 Å². The number of fused-ring (bicyclic) bond motifs is 3. The Kier molecular flexibility index (Phi) is 5.74. The van der Waals surface area contributed by atoms with Crippen LogP contribution in [0, 0.1) is 0 Å². The van der Waals surface area contributed by atoms with Gasteiger partial charge < -0.3 is 10.1 Å². The molecular weight excluding hydrogens is 419 g/mol. The van der Waals surface area contributed by atoms with E-state index in [1.807, 2.05) is 48.5 Å². The number of ether oxygens (including phenoxy) is 1. The molecule has 0 aliphatic heterocycles. The average Bonchev–Trinajstić information content (AvgIpc) is 3.12. The lowest BCUT2D eigenvalue weighted by Crippen LogP contribution is -2.45. The maximum atomic E-state index is 13.4. The van der Waals surface area contributed by atoms with E-state index in [1.165, 1.54) is 18.2 Å². The molecule has 164 valence electrons. The highest BCUT2D eigenvalue weighted by Gasteiger charge is 2.37. The molecule has 0 saturated carbocycles. The lowest BCUT2D eigenvalue weighted by molar-refractivity contribution is -0.145. The van der Waals surface area contributed by atoms with Gasteiger partial charge in [0, 0.05) is 6.42 Å². The van der Waals surface area contributed by atoms with Gasteiger partial charge in [0.1, 0.15) is 6.04 Å². The van der Waals surface area contributed by atoms with Crippen molar-refractivity contribution in [1.82, 2.24) is 5.32 Å². The number of esters is 1. The minimum absolute atomic E-state index is 0.0945. The smallest absolute Gasteiger partial charge is 0.416 e. The van der Waals surface area contributed by atoms with Crippen LogP contribution in [0.5, 0.6) is 0 Å². The standard InChI is InChI=1S/C25H20F3NO3/c1-32-24(31)21(14-15-8-2-7-13-20(15)25(26,27)28)29-23(30)22-18-11-5-3-9-16(18)17-10-4-6-12-19(17)22/h2-13,21-22H,14H2,1H3,(H,29,30)/t21-/m1/s1. The number of benzene rings is 3. The van der Waals surface area contributed by atoms with Crippen molar-refractivity contribution in [2.45, 2.75) is 24.6 Å². The summed E-state index contributed by atoms with van der Waals surface area (Å²) in [5, 5.41) is 2.64. The summed E-state index contributed by atoms with van der Waals surface area (Å²) in [6.45, 7) is 0. The van der Waals surface area contributed by atoms with E-state index in [0.29, 0.717) is 0 Å². The molecule has 0 heterocycles. The molecule has 3 aromatic rings. The fraction of sp³-hybridized carbons (Fsp3) is 0.200. The number of carbonyl (C=O) groups excluding carboxylic acids is 2. The first-order chi connectivity index (χ1) is 15.3. The molecule has 32 heavy (non-hydrogen) atoms. The van der Waals surface area contributed by atoms with Crippen molar-refractivity contribution in [3.63, 3.8) is 0 Å². The lowest BCUT2D eigenvalue weighted by Gasteiger charge is -2.22. The Balaban J connectivity index is 1.66. The van der Waals surface area contributed by atoms with Crippen LogP contribution in [-0.4, -0.2) is 25.0 Å². The summed E-state index contributed by atoms with van der Waals surface area (Å²) in [5.41, 5.74) is 2.46. The predicted molar refractivity (Wildman–Crippen MR) is 113 cm³/mol. The van der Waals surface area contributed by atoms with Crippen LogP contribution < -0.4 is 5.32 Å². The number of hydrogen-bond acceptors (Lipinski definition) is 3. The van der Waals surface area contributed by atoms with E-state index in [2.05, 4.69) is 5.32 Å². The van der Waals surface area contributed by atoms with Crippen LogP contribution in [0.4, 0.5) is 13.2 Å². The first kappa shape index (κ1) is 21.6. The van der Waals surface area contributed by atoms with E-state index in [-0.39, 0.29) is 12.0 Å². The Morgan fingerprint density at radius 2 is 1.44 bits per heavy atom. The number of nitrogens with one attached hydrogen (secondary N) is 1. The van der Waals surface area contributed by atoms with Crippen molar-refractivity contribution in [2.24, 2.45) is 0 Å². The molecule has 0 radical (unpaired) electrons. The second kappa shape index (κ2) is 8.49. The van der Waals surface area contributed by atoms with Gasteiger partial charge in [-0.2, -0.15) is 13.2 Å². The van der Waals surface area contributed by atoms with E-state index in [4.69, 9.17) is 4.74 Å². The highest BCUT2D eigenvalue weighted by atomic mass is 19.4. The second-order valence-electron chi connectivity index (χ2n) is 7.55. The van der Waals surface area contributed by atoms with Crippen LogP contribution in [0.15, 0.2) is 72.8 Å². The Hall–Kier alpha value is -3.61. The van der Waals surface area contributed by atoms with Crippen LogP contribution in [0.3, 0.4) is 0 Å². The molecule has 1 N–H and O–H groups in total. The third-order valence-electron chi connectivity index (χ3n) is 5.64. The van der Waals surface area contributed by atoms with Gasteiger partial charge in [-0.05, 0) is 33.9 Å². The first-order valence-electron chi connectivity index (χ1n) is 10.0. The van der Waals surface area contributed by atoms with Gasteiger partial charge in [-0.3, -0.25) is 4.79 Å². The minimum Gasteiger partial charge on any atom is -0.467 e. The maximum Gasteiger partial charge on any atom is 0.416 e. The predicted octanol–water partition coefficient (Wildman–Crippen LogP) is 4.72. The van der Waals surface area contributed by atoms with Gasteiger partial charge in [0.15, 0.2) is 0 Å².